The first-order valence-corrected chi connectivity index (χ1v) is 4.91. The van der Waals surface area contributed by atoms with E-state index in [4.69, 9.17) is 0 Å². The van der Waals surface area contributed by atoms with E-state index >= 15 is 0 Å². The molecule has 1 nitrogen and oxygen atoms in total. The molecule has 0 amide bonds. The van der Waals surface area contributed by atoms with Gasteiger partial charge in [0.15, 0.2) is 5.78 Å². The van der Waals surface area contributed by atoms with E-state index < -0.39 is 0 Å². The van der Waals surface area contributed by atoms with Gasteiger partial charge >= 0.3 is 0 Å². The van der Waals surface area contributed by atoms with Gasteiger partial charge < -0.3 is 0 Å². The molecule has 0 aliphatic heterocycles. The summed E-state index contributed by atoms with van der Waals surface area (Å²) in [6, 6.07) is 4.00. The summed E-state index contributed by atoms with van der Waals surface area (Å²) < 4.78 is 0. The van der Waals surface area contributed by atoms with Crippen LogP contribution in [0.4, 0.5) is 0 Å². The van der Waals surface area contributed by atoms with Crippen LogP contribution in [-0.2, 0) is 0 Å². The Labute approximate surface area is 84.6 Å². The number of ketones is 1. The van der Waals surface area contributed by atoms with E-state index in [0.717, 1.165) is 16.7 Å². The van der Waals surface area contributed by atoms with Crippen LogP contribution in [0, 0.1) is 20.8 Å². The summed E-state index contributed by atoms with van der Waals surface area (Å²) in [4.78, 5) is 11.4. The zero-order valence-corrected chi connectivity index (χ0v) is 9.11. The Morgan fingerprint density at radius 3 is 2.23 bits per heavy atom. The lowest BCUT2D eigenvalue weighted by Crippen LogP contribution is -2.04. The number of aryl methyl sites for hydroxylation is 3. The van der Waals surface area contributed by atoms with Crippen LogP contribution in [0.15, 0.2) is 12.1 Å². The smallest absolute Gasteiger partial charge is 0.172 e. The molecule has 0 atom stereocenters. The van der Waals surface area contributed by atoms with E-state index in [0.29, 0.717) is 0 Å². The molecule has 0 saturated carbocycles. The van der Waals surface area contributed by atoms with Gasteiger partial charge in [-0.3, -0.25) is 4.79 Å². The Hall–Kier alpha value is -0.760. The van der Waals surface area contributed by atoms with E-state index in [1.807, 2.05) is 26.0 Å². The lowest BCUT2D eigenvalue weighted by atomic mass is 9.99. The maximum Gasteiger partial charge on any atom is 0.172 e. The van der Waals surface area contributed by atoms with Crippen molar-refractivity contribution >= 4 is 18.4 Å². The van der Waals surface area contributed by atoms with Crippen molar-refractivity contribution in [1.29, 1.82) is 0 Å². The Kier molecular flexibility index (Phi) is 3.15. The standard InChI is InChI=1S/C11H14OS/c1-7-4-9(3)10(5-8(7)2)11(12)6-13/h4-5,13H,6H2,1-3H3. The SMILES string of the molecule is Cc1cc(C)c(C(=O)CS)cc1C. The second-order valence-corrected chi connectivity index (χ2v) is 3.65. The number of Topliss-reactive ketones (excluding diaryl/α,β-unsaturated/α-hetero) is 1. The fourth-order valence-corrected chi connectivity index (χ4v) is 1.52. The Morgan fingerprint density at radius 2 is 1.69 bits per heavy atom. The molecule has 0 N–H and O–H groups in total. The average Bonchev–Trinajstić information content (AvgIpc) is 2.10. The van der Waals surface area contributed by atoms with E-state index in [1.54, 1.807) is 0 Å². The minimum absolute atomic E-state index is 0.101. The highest BCUT2D eigenvalue weighted by atomic mass is 32.1. The van der Waals surface area contributed by atoms with Crippen LogP contribution in [0.1, 0.15) is 27.0 Å². The van der Waals surface area contributed by atoms with Gasteiger partial charge in [-0.05, 0) is 43.5 Å². The maximum absolute atomic E-state index is 11.4. The first-order valence-electron chi connectivity index (χ1n) is 4.28. The molecule has 70 valence electrons. The van der Waals surface area contributed by atoms with Crippen LogP contribution >= 0.6 is 12.6 Å². The van der Waals surface area contributed by atoms with Gasteiger partial charge in [0, 0.05) is 5.56 Å². The molecule has 1 aromatic rings. The molecule has 0 saturated heterocycles. The van der Waals surface area contributed by atoms with E-state index in [1.165, 1.54) is 5.56 Å². The Balaban J connectivity index is 3.23. The summed E-state index contributed by atoms with van der Waals surface area (Å²) in [5, 5.41) is 0. The van der Waals surface area contributed by atoms with Crippen LogP contribution in [0.5, 0.6) is 0 Å². The number of carbonyl (C=O) groups excluding carboxylic acids is 1. The molecular weight excluding hydrogens is 180 g/mol. The predicted octanol–water partition coefficient (Wildman–Crippen LogP) is 2.72. The fraction of sp³-hybridized carbons (Fsp3) is 0.364. The van der Waals surface area contributed by atoms with Gasteiger partial charge in [-0.15, -0.1) is 0 Å². The molecular formula is C11H14OS. The largest absolute Gasteiger partial charge is 0.293 e. The molecule has 0 aliphatic carbocycles. The number of thiol groups is 1. The van der Waals surface area contributed by atoms with Crippen molar-refractivity contribution in [2.45, 2.75) is 20.8 Å². The van der Waals surface area contributed by atoms with Gasteiger partial charge in [0.1, 0.15) is 0 Å². The molecule has 1 aromatic carbocycles. The van der Waals surface area contributed by atoms with Crippen LogP contribution in [0.25, 0.3) is 0 Å². The zero-order chi connectivity index (χ0) is 10.0. The molecule has 0 heterocycles. The van der Waals surface area contributed by atoms with Crippen molar-refractivity contribution in [1.82, 2.24) is 0 Å². The van der Waals surface area contributed by atoms with E-state index in [9.17, 15) is 4.79 Å². The summed E-state index contributed by atoms with van der Waals surface area (Å²) in [5.41, 5.74) is 4.24. The summed E-state index contributed by atoms with van der Waals surface area (Å²) in [6.07, 6.45) is 0. The third kappa shape index (κ3) is 2.13. The average molecular weight is 194 g/mol. The van der Waals surface area contributed by atoms with Gasteiger partial charge in [0.2, 0.25) is 0 Å². The van der Waals surface area contributed by atoms with Crippen LogP contribution in [0.2, 0.25) is 0 Å². The summed E-state index contributed by atoms with van der Waals surface area (Å²) in [6.45, 7) is 6.03. The van der Waals surface area contributed by atoms with Crippen LogP contribution in [0.3, 0.4) is 0 Å². The normalized spacial score (nSPS) is 10.2. The number of benzene rings is 1. The number of hydrogen-bond donors (Lipinski definition) is 1. The molecule has 2 heteroatoms. The summed E-state index contributed by atoms with van der Waals surface area (Å²) in [5.74, 6) is 0.382. The molecule has 0 aromatic heterocycles. The third-order valence-corrected chi connectivity index (χ3v) is 2.57. The maximum atomic E-state index is 11.4. The number of carbonyl (C=O) groups is 1. The monoisotopic (exact) mass is 194 g/mol. The first-order chi connectivity index (χ1) is 6.06. The highest BCUT2D eigenvalue weighted by molar-refractivity contribution is 7.81. The minimum atomic E-state index is 0.101. The van der Waals surface area contributed by atoms with Crippen molar-refractivity contribution in [2.24, 2.45) is 0 Å². The van der Waals surface area contributed by atoms with Gasteiger partial charge in [-0.1, -0.05) is 6.07 Å². The van der Waals surface area contributed by atoms with Gasteiger partial charge in [0.05, 0.1) is 5.75 Å². The van der Waals surface area contributed by atoms with Crippen molar-refractivity contribution in [3.8, 4) is 0 Å². The highest BCUT2D eigenvalue weighted by Gasteiger charge is 2.08. The Bertz CT molecular complexity index is 342. The molecule has 13 heavy (non-hydrogen) atoms. The second-order valence-electron chi connectivity index (χ2n) is 3.33. The highest BCUT2D eigenvalue weighted by Crippen LogP contribution is 2.16. The van der Waals surface area contributed by atoms with Crippen molar-refractivity contribution in [3.63, 3.8) is 0 Å². The Morgan fingerprint density at radius 1 is 1.15 bits per heavy atom. The first kappa shape index (κ1) is 10.3. The molecule has 0 fully saturated rings. The second kappa shape index (κ2) is 3.97. The van der Waals surface area contributed by atoms with Crippen molar-refractivity contribution < 1.29 is 4.79 Å². The van der Waals surface area contributed by atoms with Crippen LogP contribution in [-0.4, -0.2) is 11.5 Å². The molecule has 0 bridgehead atoms. The number of hydrogen-bond acceptors (Lipinski definition) is 2. The molecule has 0 aliphatic rings. The summed E-state index contributed by atoms with van der Waals surface area (Å²) >= 11 is 3.98. The third-order valence-electron chi connectivity index (χ3n) is 2.28. The molecule has 1 rings (SSSR count). The zero-order valence-electron chi connectivity index (χ0n) is 8.22. The van der Waals surface area contributed by atoms with E-state index in [2.05, 4.69) is 19.6 Å². The number of rotatable bonds is 2. The van der Waals surface area contributed by atoms with Crippen molar-refractivity contribution in [3.05, 3.63) is 34.4 Å². The van der Waals surface area contributed by atoms with E-state index in [-0.39, 0.29) is 11.5 Å². The fourth-order valence-electron chi connectivity index (χ4n) is 1.35. The lowest BCUT2D eigenvalue weighted by molar-refractivity contribution is 0.102. The van der Waals surface area contributed by atoms with Crippen LogP contribution < -0.4 is 0 Å². The molecule has 0 unspecified atom stereocenters. The van der Waals surface area contributed by atoms with Gasteiger partial charge in [-0.2, -0.15) is 12.6 Å². The van der Waals surface area contributed by atoms with Crippen molar-refractivity contribution in [2.75, 3.05) is 5.75 Å². The molecule has 0 spiro atoms. The minimum Gasteiger partial charge on any atom is -0.293 e. The predicted molar refractivity (Wildman–Crippen MR) is 58.8 cm³/mol. The topological polar surface area (TPSA) is 17.1 Å². The molecule has 0 radical (unpaired) electrons. The van der Waals surface area contributed by atoms with Gasteiger partial charge in [-0.25, -0.2) is 0 Å². The lowest BCUT2D eigenvalue weighted by Gasteiger charge is -2.07. The summed E-state index contributed by atoms with van der Waals surface area (Å²) in [7, 11) is 0. The quantitative estimate of drug-likeness (QED) is 0.566. The van der Waals surface area contributed by atoms with Gasteiger partial charge in [0.25, 0.3) is 0 Å².